The third-order valence-corrected chi connectivity index (χ3v) is 4.03. The number of thiophene rings is 1. The third kappa shape index (κ3) is 3.43. The largest absolute Gasteiger partial charge is 0.480 e. The highest BCUT2D eigenvalue weighted by atomic mass is 32.1. The molecule has 0 fully saturated rings. The summed E-state index contributed by atoms with van der Waals surface area (Å²) < 4.78 is 0. The van der Waals surface area contributed by atoms with E-state index in [4.69, 9.17) is 0 Å². The van der Waals surface area contributed by atoms with Gasteiger partial charge in [-0.05, 0) is 29.0 Å². The van der Waals surface area contributed by atoms with Crippen molar-refractivity contribution in [3.05, 3.63) is 57.8 Å². The van der Waals surface area contributed by atoms with Crippen LogP contribution in [-0.4, -0.2) is 11.1 Å². The van der Waals surface area contributed by atoms with E-state index in [1.165, 1.54) is 10.4 Å². The molecule has 0 aliphatic carbocycles. The second-order valence-corrected chi connectivity index (χ2v) is 5.29. The van der Waals surface area contributed by atoms with Gasteiger partial charge in [-0.2, -0.15) is 0 Å². The monoisotopic (exact) mass is 275 g/mol. The van der Waals surface area contributed by atoms with Crippen LogP contribution in [0.15, 0.2) is 41.8 Å². The lowest BCUT2D eigenvalue weighted by Crippen LogP contribution is -2.28. The molecule has 0 bridgehead atoms. The summed E-state index contributed by atoms with van der Waals surface area (Å²) in [5, 5.41) is 14.5. The number of hydrogen-bond acceptors (Lipinski definition) is 3. The number of carboxylic acids is 1. The Kier molecular flexibility index (Phi) is 4.71. The number of carbonyl (C=O) groups is 1. The van der Waals surface area contributed by atoms with Crippen molar-refractivity contribution in [1.29, 1.82) is 0 Å². The van der Waals surface area contributed by atoms with E-state index in [1.54, 1.807) is 11.3 Å². The maximum absolute atomic E-state index is 11.4. The predicted octanol–water partition coefficient (Wildman–Crippen LogP) is 3.23. The van der Waals surface area contributed by atoms with Crippen LogP contribution in [0.5, 0.6) is 0 Å². The fraction of sp³-hybridized carbons (Fsp3) is 0.267. The molecule has 4 heteroatoms. The van der Waals surface area contributed by atoms with Gasteiger partial charge in [-0.25, -0.2) is 0 Å². The van der Waals surface area contributed by atoms with E-state index in [0.29, 0.717) is 6.54 Å². The van der Waals surface area contributed by atoms with Crippen LogP contribution in [0.25, 0.3) is 0 Å². The molecule has 0 aliphatic heterocycles. The quantitative estimate of drug-likeness (QED) is 0.851. The Balaban J connectivity index is 2.09. The highest BCUT2D eigenvalue weighted by Gasteiger charge is 2.19. The molecule has 0 aliphatic rings. The SMILES string of the molecule is CCc1ccsc1CNC(C(=O)O)c1ccccc1. The molecule has 1 aromatic heterocycles. The molecule has 3 nitrogen and oxygen atoms in total. The first-order chi connectivity index (χ1) is 9.22. The van der Waals surface area contributed by atoms with Crippen LogP contribution in [0.4, 0.5) is 0 Å². The molecule has 0 saturated carbocycles. The van der Waals surface area contributed by atoms with Gasteiger partial charge >= 0.3 is 5.97 Å². The summed E-state index contributed by atoms with van der Waals surface area (Å²) in [6, 6.07) is 10.7. The Bertz CT molecular complexity index is 536. The fourth-order valence-corrected chi connectivity index (χ4v) is 2.95. The second kappa shape index (κ2) is 6.50. The van der Waals surface area contributed by atoms with Crippen molar-refractivity contribution in [2.45, 2.75) is 25.9 Å². The number of hydrogen-bond donors (Lipinski definition) is 2. The van der Waals surface area contributed by atoms with Gasteiger partial charge < -0.3 is 5.11 Å². The van der Waals surface area contributed by atoms with E-state index in [0.717, 1.165) is 12.0 Å². The number of aryl methyl sites for hydroxylation is 1. The van der Waals surface area contributed by atoms with E-state index < -0.39 is 12.0 Å². The first-order valence-electron chi connectivity index (χ1n) is 6.28. The van der Waals surface area contributed by atoms with Crippen molar-refractivity contribution in [1.82, 2.24) is 5.32 Å². The Morgan fingerprint density at radius 3 is 2.68 bits per heavy atom. The normalized spacial score (nSPS) is 12.3. The topological polar surface area (TPSA) is 49.3 Å². The van der Waals surface area contributed by atoms with E-state index in [9.17, 15) is 9.90 Å². The third-order valence-electron chi connectivity index (χ3n) is 3.07. The molecule has 2 aromatic rings. The van der Waals surface area contributed by atoms with Crippen LogP contribution in [0.2, 0.25) is 0 Å². The lowest BCUT2D eigenvalue weighted by molar-refractivity contribution is -0.139. The first kappa shape index (κ1) is 13.8. The van der Waals surface area contributed by atoms with Gasteiger partial charge in [0.1, 0.15) is 6.04 Å². The zero-order valence-electron chi connectivity index (χ0n) is 10.8. The first-order valence-corrected chi connectivity index (χ1v) is 7.16. The summed E-state index contributed by atoms with van der Waals surface area (Å²) in [5.74, 6) is -0.846. The van der Waals surface area contributed by atoms with Crippen molar-refractivity contribution in [2.75, 3.05) is 0 Å². The van der Waals surface area contributed by atoms with Gasteiger partial charge in [0.25, 0.3) is 0 Å². The van der Waals surface area contributed by atoms with Crippen molar-refractivity contribution in [3.63, 3.8) is 0 Å². The second-order valence-electron chi connectivity index (χ2n) is 4.29. The molecule has 19 heavy (non-hydrogen) atoms. The summed E-state index contributed by atoms with van der Waals surface area (Å²) in [6.45, 7) is 2.70. The molecule has 0 amide bonds. The van der Waals surface area contributed by atoms with Gasteiger partial charge in [0.2, 0.25) is 0 Å². The van der Waals surface area contributed by atoms with Crippen LogP contribution in [-0.2, 0) is 17.8 Å². The minimum absolute atomic E-state index is 0.590. The molecule has 0 saturated heterocycles. The number of benzene rings is 1. The number of rotatable bonds is 6. The summed E-state index contributed by atoms with van der Waals surface area (Å²) in [6.07, 6.45) is 0.976. The Hall–Kier alpha value is -1.65. The smallest absolute Gasteiger partial charge is 0.325 e. The zero-order chi connectivity index (χ0) is 13.7. The average Bonchev–Trinajstić information content (AvgIpc) is 2.87. The fourth-order valence-electron chi connectivity index (χ4n) is 2.03. The number of aliphatic carboxylic acids is 1. The van der Waals surface area contributed by atoms with E-state index in [2.05, 4.69) is 18.3 Å². The molecule has 1 heterocycles. The van der Waals surface area contributed by atoms with Crippen molar-refractivity contribution in [2.24, 2.45) is 0 Å². The van der Waals surface area contributed by atoms with E-state index >= 15 is 0 Å². The summed E-state index contributed by atoms with van der Waals surface area (Å²) >= 11 is 1.67. The van der Waals surface area contributed by atoms with Crippen LogP contribution in [0.1, 0.15) is 29.0 Å². The standard InChI is InChI=1S/C15H17NO2S/c1-2-11-8-9-19-13(11)10-16-14(15(17)18)12-6-4-3-5-7-12/h3-9,14,16H,2,10H2,1H3,(H,17,18). The maximum Gasteiger partial charge on any atom is 0.325 e. The molecule has 1 unspecified atom stereocenters. The van der Waals surface area contributed by atoms with Crippen LogP contribution in [0.3, 0.4) is 0 Å². The molecule has 2 rings (SSSR count). The van der Waals surface area contributed by atoms with Gasteiger partial charge in [-0.3, -0.25) is 10.1 Å². The van der Waals surface area contributed by atoms with Crippen molar-refractivity contribution in [3.8, 4) is 0 Å². The summed E-state index contributed by atoms with van der Waals surface area (Å²) in [5.41, 5.74) is 2.07. The molecular weight excluding hydrogens is 258 g/mol. The van der Waals surface area contributed by atoms with Crippen LogP contribution in [0, 0.1) is 0 Å². The van der Waals surface area contributed by atoms with Gasteiger partial charge in [-0.1, -0.05) is 37.3 Å². The lowest BCUT2D eigenvalue weighted by Gasteiger charge is -2.14. The lowest BCUT2D eigenvalue weighted by atomic mass is 10.1. The van der Waals surface area contributed by atoms with Gasteiger partial charge in [0.15, 0.2) is 0 Å². The molecular formula is C15H17NO2S. The van der Waals surface area contributed by atoms with E-state index in [1.807, 2.05) is 35.7 Å². The Morgan fingerprint density at radius 2 is 2.05 bits per heavy atom. The van der Waals surface area contributed by atoms with Gasteiger partial charge in [-0.15, -0.1) is 11.3 Å². The Labute approximate surface area is 116 Å². The van der Waals surface area contributed by atoms with Gasteiger partial charge in [0, 0.05) is 11.4 Å². The van der Waals surface area contributed by atoms with E-state index in [-0.39, 0.29) is 0 Å². The molecule has 0 radical (unpaired) electrons. The Morgan fingerprint density at radius 1 is 1.32 bits per heavy atom. The molecule has 100 valence electrons. The minimum Gasteiger partial charge on any atom is -0.480 e. The highest BCUT2D eigenvalue weighted by molar-refractivity contribution is 7.10. The summed E-state index contributed by atoms with van der Waals surface area (Å²) in [7, 11) is 0. The average molecular weight is 275 g/mol. The highest BCUT2D eigenvalue weighted by Crippen LogP contribution is 2.19. The zero-order valence-corrected chi connectivity index (χ0v) is 11.6. The van der Waals surface area contributed by atoms with Gasteiger partial charge in [0.05, 0.1) is 0 Å². The molecule has 2 N–H and O–H groups in total. The van der Waals surface area contributed by atoms with Crippen LogP contribution < -0.4 is 5.32 Å². The number of carboxylic acid groups (broad SMARTS) is 1. The van der Waals surface area contributed by atoms with Crippen LogP contribution >= 0.6 is 11.3 Å². The molecule has 0 spiro atoms. The van der Waals surface area contributed by atoms with Crippen molar-refractivity contribution >= 4 is 17.3 Å². The predicted molar refractivity (Wildman–Crippen MR) is 77.4 cm³/mol. The molecule has 1 atom stereocenters. The summed E-state index contributed by atoms with van der Waals surface area (Å²) in [4.78, 5) is 12.6. The van der Waals surface area contributed by atoms with Crippen molar-refractivity contribution < 1.29 is 9.90 Å². The molecule has 1 aromatic carbocycles. The number of nitrogens with one attached hydrogen (secondary N) is 1. The maximum atomic E-state index is 11.4. The minimum atomic E-state index is -0.846.